The molecule has 1 N–H and O–H groups in total. The molecule has 4 rings (SSSR count). The number of anilines is 1. The maximum atomic E-state index is 13.0. The Labute approximate surface area is 165 Å². The number of rotatable bonds is 3. The first-order valence-corrected chi connectivity index (χ1v) is 10.0. The number of aliphatic imine (C=N–C) groups is 1. The summed E-state index contributed by atoms with van der Waals surface area (Å²) >= 11 is 1.88. The molecule has 3 aliphatic rings. The lowest BCUT2D eigenvalue weighted by Crippen LogP contribution is -2.45. The molecule has 0 aromatic heterocycles. The van der Waals surface area contributed by atoms with Gasteiger partial charge in [-0.15, -0.1) is 24.2 Å². The molecular weight excluding hydrogens is 364 g/mol. The van der Waals surface area contributed by atoms with Crippen molar-refractivity contribution in [3.63, 3.8) is 0 Å². The second kappa shape index (κ2) is 7.61. The fourth-order valence-electron chi connectivity index (χ4n) is 4.11. The molecule has 26 heavy (non-hydrogen) atoms. The third kappa shape index (κ3) is 3.25. The van der Waals surface area contributed by atoms with Gasteiger partial charge in [0.25, 0.3) is 0 Å². The van der Waals surface area contributed by atoms with Gasteiger partial charge in [0.05, 0.1) is 16.4 Å². The molecule has 0 radical (unpaired) electrons. The Morgan fingerprint density at radius 2 is 2.04 bits per heavy atom. The van der Waals surface area contributed by atoms with Crippen molar-refractivity contribution in [1.82, 2.24) is 0 Å². The summed E-state index contributed by atoms with van der Waals surface area (Å²) in [6, 6.07) is 8.24. The molecule has 2 heterocycles. The number of thioether (sulfide) groups is 1. The van der Waals surface area contributed by atoms with Gasteiger partial charge < -0.3 is 5.32 Å². The number of allylic oxidation sites excluding steroid dienone is 3. The van der Waals surface area contributed by atoms with E-state index in [-0.39, 0.29) is 29.0 Å². The Kier molecular flexibility index (Phi) is 5.64. The summed E-state index contributed by atoms with van der Waals surface area (Å²) in [5.74, 6) is 1.88. The Morgan fingerprint density at radius 3 is 2.77 bits per heavy atom. The van der Waals surface area contributed by atoms with Crippen LogP contribution in [0.2, 0.25) is 0 Å². The average Bonchev–Trinajstić information content (AvgIpc) is 3.00. The highest BCUT2D eigenvalue weighted by molar-refractivity contribution is 8.02. The van der Waals surface area contributed by atoms with Crippen molar-refractivity contribution in [2.75, 3.05) is 17.6 Å². The molecule has 138 valence electrons. The Hall–Kier alpha value is -1.52. The first-order chi connectivity index (χ1) is 12.1. The zero-order valence-electron chi connectivity index (χ0n) is 15.1. The van der Waals surface area contributed by atoms with Gasteiger partial charge in [-0.2, -0.15) is 0 Å². The summed E-state index contributed by atoms with van der Waals surface area (Å²) in [5, 5.41) is 3.14. The highest BCUT2D eigenvalue weighted by Crippen LogP contribution is 2.53. The van der Waals surface area contributed by atoms with Crippen molar-refractivity contribution in [2.24, 2.45) is 16.8 Å². The zero-order chi connectivity index (χ0) is 17.4. The van der Waals surface area contributed by atoms with Crippen molar-refractivity contribution >= 4 is 41.5 Å². The topological polar surface area (TPSA) is 41.5 Å². The van der Waals surface area contributed by atoms with Crippen LogP contribution in [0.4, 0.5) is 5.69 Å². The fourth-order valence-corrected chi connectivity index (χ4v) is 5.90. The number of hydrogen-bond donors (Lipinski definition) is 1. The van der Waals surface area contributed by atoms with E-state index in [4.69, 9.17) is 4.99 Å². The number of hydrogen-bond acceptors (Lipinski definition) is 3. The average molecular weight is 389 g/mol. The van der Waals surface area contributed by atoms with E-state index in [1.54, 1.807) is 0 Å². The predicted molar refractivity (Wildman–Crippen MR) is 114 cm³/mol. The summed E-state index contributed by atoms with van der Waals surface area (Å²) in [7, 11) is 0. The number of nitrogens with zero attached hydrogens (tertiary/aromatic N) is 1. The molecule has 1 aromatic carbocycles. The highest BCUT2D eigenvalue weighted by Gasteiger charge is 2.53. The number of carbonyl (C=O) groups is 1. The van der Waals surface area contributed by atoms with Crippen LogP contribution in [-0.4, -0.2) is 28.7 Å². The fraction of sp³-hybridized carbons (Fsp3) is 0.429. The van der Waals surface area contributed by atoms with Gasteiger partial charge in [-0.05, 0) is 42.0 Å². The minimum Gasteiger partial charge on any atom is -0.326 e. The lowest BCUT2D eigenvalue weighted by atomic mass is 9.74. The second-order valence-electron chi connectivity index (χ2n) is 7.36. The van der Waals surface area contributed by atoms with E-state index >= 15 is 0 Å². The minimum atomic E-state index is -0.0868. The van der Waals surface area contributed by atoms with E-state index in [0.717, 1.165) is 30.1 Å². The van der Waals surface area contributed by atoms with Crippen LogP contribution in [0, 0.1) is 11.8 Å². The molecule has 5 heteroatoms. The number of nitrogens with one attached hydrogen (secondary N) is 1. The Bertz CT molecular complexity index is 769. The van der Waals surface area contributed by atoms with Crippen LogP contribution in [0.1, 0.15) is 31.7 Å². The lowest BCUT2D eigenvalue weighted by molar-refractivity contribution is -0.120. The Morgan fingerprint density at radius 1 is 1.27 bits per heavy atom. The van der Waals surface area contributed by atoms with Crippen molar-refractivity contribution in [3.05, 3.63) is 54.1 Å². The summed E-state index contributed by atoms with van der Waals surface area (Å²) in [6.07, 6.45) is 9.51. The molecule has 1 aromatic rings. The summed E-state index contributed by atoms with van der Waals surface area (Å²) in [5.41, 5.74) is 3.33. The summed E-state index contributed by atoms with van der Waals surface area (Å²) in [6.45, 7) is 5.18. The first-order valence-electron chi connectivity index (χ1n) is 9.06. The molecule has 0 bridgehead atoms. The van der Waals surface area contributed by atoms with Gasteiger partial charge in [0, 0.05) is 18.0 Å². The van der Waals surface area contributed by atoms with E-state index < -0.39 is 0 Å². The molecule has 1 saturated heterocycles. The molecule has 2 aliphatic heterocycles. The molecule has 1 aliphatic carbocycles. The zero-order valence-corrected chi connectivity index (χ0v) is 16.8. The second-order valence-corrected chi connectivity index (χ2v) is 8.65. The molecule has 3 unspecified atom stereocenters. The van der Waals surface area contributed by atoms with Gasteiger partial charge in [0.15, 0.2) is 0 Å². The largest absolute Gasteiger partial charge is 0.326 e. The van der Waals surface area contributed by atoms with Crippen LogP contribution in [0.3, 0.4) is 0 Å². The van der Waals surface area contributed by atoms with Gasteiger partial charge >= 0.3 is 0 Å². The van der Waals surface area contributed by atoms with Gasteiger partial charge in [-0.3, -0.25) is 9.79 Å². The van der Waals surface area contributed by atoms with Crippen molar-refractivity contribution < 1.29 is 4.79 Å². The quantitative estimate of drug-likeness (QED) is 0.803. The molecule has 1 spiro atoms. The smallest absolute Gasteiger partial charge is 0.228 e. The summed E-state index contributed by atoms with van der Waals surface area (Å²) in [4.78, 5) is 17.7. The van der Waals surface area contributed by atoms with Crippen LogP contribution < -0.4 is 5.32 Å². The number of halogens is 1. The molecule has 0 saturated carbocycles. The van der Waals surface area contributed by atoms with E-state index in [1.807, 2.05) is 23.9 Å². The van der Waals surface area contributed by atoms with Gasteiger partial charge in [0.2, 0.25) is 5.91 Å². The van der Waals surface area contributed by atoms with Gasteiger partial charge in [-0.25, -0.2) is 0 Å². The first kappa shape index (κ1) is 19.2. The van der Waals surface area contributed by atoms with Gasteiger partial charge in [-0.1, -0.05) is 44.2 Å². The molecule has 1 fully saturated rings. The molecular formula is C21H25ClN2OS. The standard InChI is InChI=1S/C21H24N2OS.ClH/c1-14(2)15-6-8-16(9-7-15)23-20(24)17-13-25-21-11-4-3-5-19(21)22-12-10-18(17)21;/h3-9,11,14,17-18H,10,12-13H2,1-2H3,(H,23,24);1H. The molecule has 1 amide bonds. The van der Waals surface area contributed by atoms with E-state index in [0.29, 0.717) is 11.8 Å². The van der Waals surface area contributed by atoms with Crippen LogP contribution in [0.5, 0.6) is 0 Å². The van der Waals surface area contributed by atoms with Crippen LogP contribution >= 0.6 is 24.2 Å². The monoisotopic (exact) mass is 388 g/mol. The number of amides is 1. The SMILES string of the molecule is CC(C)c1ccc(NC(=O)C2CSC34C=CC=CC3=NCCC24)cc1.Cl. The third-order valence-electron chi connectivity index (χ3n) is 5.55. The molecule has 3 atom stereocenters. The normalized spacial score (nSPS) is 28.8. The van der Waals surface area contributed by atoms with E-state index in [2.05, 4.69) is 55.6 Å². The predicted octanol–water partition coefficient (Wildman–Crippen LogP) is 4.86. The molecule has 3 nitrogen and oxygen atoms in total. The minimum absolute atomic E-state index is 0. The van der Waals surface area contributed by atoms with E-state index in [9.17, 15) is 4.79 Å². The van der Waals surface area contributed by atoms with Crippen LogP contribution in [-0.2, 0) is 4.79 Å². The van der Waals surface area contributed by atoms with Gasteiger partial charge in [0.1, 0.15) is 0 Å². The van der Waals surface area contributed by atoms with Crippen LogP contribution in [0.15, 0.2) is 53.6 Å². The number of carbonyl (C=O) groups excluding carboxylic acids is 1. The van der Waals surface area contributed by atoms with E-state index in [1.165, 1.54) is 5.56 Å². The Balaban J connectivity index is 0.00000196. The maximum Gasteiger partial charge on any atom is 0.228 e. The van der Waals surface area contributed by atoms with Crippen molar-refractivity contribution in [2.45, 2.75) is 30.9 Å². The number of benzene rings is 1. The lowest BCUT2D eigenvalue weighted by Gasteiger charge is -2.38. The maximum absolute atomic E-state index is 13.0. The highest BCUT2D eigenvalue weighted by atomic mass is 35.5. The third-order valence-corrected chi connectivity index (χ3v) is 7.20. The van der Waals surface area contributed by atoms with Crippen molar-refractivity contribution in [3.8, 4) is 0 Å². The summed E-state index contributed by atoms with van der Waals surface area (Å²) < 4.78 is -0.0868. The van der Waals surface area contributed by atoms with Crippen LogP contribution in [0.25, 0.3) is 0 Å². The van der Waals surface area contributed by atoms with Crippen molar-refractivity contribution in [1.29, 1.82) is 0 Å².